The predicted octanol–water partition coefficient (Wildman–Crippen LogP) is 1.32. The average Bonchev–Trinajstić information content (AvgIpc) is 3.05. The predicted molar refractivity (Wildman–Crippen MR) is 99.0 cm³/mol. The first-order valence-electron chi connectivity index (χ1n) is 8.71. The molecule has 3 rings (SSSR count). The molecule has 10 heteroatoms. The van der Waals surface area contributed by atoms with Crippen molar-refractivity contribution in [3.63, 3.8) is 0 Å². The molecule has 2 heterocycles. The molecule has 1 aromatic rings. The number of rotatable bonds is 4. The second kappa shape index (κ2) is 6.59. The van der Waals surface area contributed by atoms with Crippen LogP contribution in [0.15, 0.2) is 5.38 Å². The Labute approximate surface area is 160 Å². The van der Waals surface area contributed by atoms with Crippen molar-refractivity contribution in [2.24, 2.45) is 17.1 Å². The number of nitrogens with one attached hydrogen (secondary N) is 2. The molecule has 0 radical (unpaired) electrons. The van der Waals surface area contributed by atoms with Crippen molar-refractivity contribution in [2.45, 2.75) is 45.6 Å². The van der Waals surface area contributed by atoms with Crippen LogP contribution < -0.4 is 16.4 Å². The number of nitrogens with two attached hydrogens (primary N) is 1. The zero-order chi connectivity index (χ0) is 20.0. The Morgan fingerprint density at radius 2 is 2.11 bits per heavy atom. The molecule has 1 saturated heterocycles. The third kappa shape index (κ3) is 3.80. The van der Waals surface area contributed by atoms with Crippen LogP contribution in [0.4, 0.5) is 9.93 Å². The van der Waals surface area contributed by atoms with Crippen LogP contribution in [-0.2, 0) is 9.59 Å². The molecule has 1 spiro atoms. The molecule has 2 aliphatic rings. The van der Waals surface area contributed by atoms with E-state index in [9.17, 15) is 19.2 Å². The van der Waals surface area contributed by atoms with E-state index in [1.807, 2.05) is 0 Å². The number of hydrogen-bond donors (Lipinski definition) is 3. The molecule has 2 unspecified atom stereocenters. The number of nitrogens with zero attached hydrogens (tertiary/aromatic N) is 2. The highest BCUT2D eigenvalue weighted by molar-refractivity contribution is 7.14. The lowest BCUT2D eigenvalue weighted by molar-refractivity contribution is -0.136. The molecule has 2 atom stereocenters. The topological polar surface area (TPSA) is 134 Å². The number of anilines is 1. The lowest BCUT2D eigenvalue weighted by atomic mass is 9.64. The standard InChI is InChI=1S/C17H23N5O4S/c1-9-4-16(2,3)8-17(5-9)13(25)22(15(26)21-17)6-11(23)20-14-19-10(7-27-14)12(18)24/h7,9H,4-6,8H2,1-3H3,(H2,18,24)(H,21,26)(H,19,20,23). The fraction of sp³-hybridized carbons (Fsp3) is 0.588. The summed E-state index contributed by atoms with van der Waals surface area (Å²) >= 11 is 1.04. The Morgan fingerprint density at radius 1 is 1.41 bits per heavy atom. The van der Waals surface area contributed by atoms with Crippen LogP contribution in [-0.4, -0.2) is 45.7 Å². The molecule has 1 aliphatic heterocycles. The summed E-state index contributed by atoms with van der Waals surface area (Å²) in [5.74, 6) is -1.34. The maximum atomic E-state index is 13.0. The van der Waals surface area contributed by atoms with E-state index < -0.39 is 29.9 Å². The van der Waals surface area contributed by atoms with E-state index in [2.05, 4.69) is 36.4 Å². The van der Waals surface area contributed by atoms with Gasteiger partial charge in [-0.2, -0.15) is 0 Å². The van der Waals surface area contributed by atoms with Gasteiger partial charge in [-0.3, -0.25) is 19.3 Å². The van der Waals surface area contributed by atoms with Gasteiger partial charge in [-0.25, -0.2) is 9.78 Å². The number of carbonyl (C=O) groups excluding carboxylic acids is 4. The molecule has 1 aromatic heterocycles. The number of carbonyl (C=O) groups is 4. The Bertz CT molecular complexity index is 820. The summed E-state index contributed by atoms with van der Waals surface area (Å²) in [6.45, 7) is 5.82. The molecule has 27 heavy (non-hydrogen) atoms. The minimum Gasteiger partial charge on any atom is -0.364 e. The molecule has 1 saturated carbocycles. The van der Waals surface area contributed by atoms with Gasteiger partial charge in [0.2, 0.25) is 5.91 Å². The van der Waals surface area contributed by atoms with E-state index in [-0.39, 0.29) is 28.1 Å². The third-order valence-corrected chi connectivity index (χ3v) is 5.69. The molecular formula is C17H23N5O4S. The fourth-order valence-corrected chi connectivity index (χ4v) is 5.11. The van der Waals surface area contributed by atoms with Crippen LogP contribution >= 0.6 is 11.3 Å². The number of urea groups is 1. The van der Waals surface area contributed by atoms with Crippen LogP contribution in [0.25, 0.3) is 0 Å². The van der Waals surface area contributed by atoms with E-state index in [1.54, 1.807) is 0 Å². The first-order valence-corrected chi connectivity index (χ1v) is 9.59. The van der Waals surface area contributed by atoms with Crippen LogP contribution in [0, 0.1) is 11.3 Å². The van der Waals surface area contributed by atoms with E-state index >= 15 is 0 Å². The minimum absolute atomic E-state index is 0.0441. The second-order valence-electron chi connectivity index (χ2n) is 8.21. The third-order valence-electron chi connectivity index (χ3n) is 4.93. The van der Waals surface area contributed by atoms with Crippen LogP contribution in [0.2, 0.25) is 0 Å². The Balaban J connectivity index is 1.70. The van der Waals surface area contributed by atoms with Crippen LogP contribution in [0.3, 0.4) is 0 Å². The van der Waals surface area contributed by atoms with Crippen molar-refractivity contribution in [1.29, 1.82) is 0 Å². The van der Waals surface area contributed by atoms with Crippen LogP contribution in [0.5, 0.6) is 0 Å². The highest BCUT2D eigenvalue weighted by Crippen LogP contribution is 2.46. The number of thiazole rings is 1. The maximum Gasteiger partial charge on any atom is 0.325 e. The highest BCUT2D eigenvalue weighted by Gasteiger charge is 2.56. The van der Waals surface area contributed by atoms with Gasteiger partial charge in [0.15, 0.2) is 5.13 Å². The number of hydrogen-bond acceptors (Lipinski definition) is 6. The number of amides is 5. The van der Waals surface area contributed by atoms with Gasteiger partial charge in [-0.1, -0.05) is 20.8 Å². The van der Waals surface area contributed by atoms with E-state index in [1.165, 1.54) is 5.38 Å². The van der Waals surface area contributed by atoms with Gasteiger partial charge in [-0.05, 0) is 30.6 Å². The van der Waals surface area contributed by atoms with Gasteiger partial charge in [0, 0.05) is 5.38 Å². The van der Waals surface area contributed by atoms with Crippen molar-refractivity contribution in [1.82, 2.24) is 15.2 Å². The average molecular weight is 393 g/mol. The van der Waals surface area contributed by atoms with E-state index in [4.69, 9.17) is 5.73 Å². The summed E-state index contributed by atoms with van der Waals surface area (Å²) in [5.41, 5.74) is 4.15. The van der Waals surface area contributed by atoms with Crippen molar-refractivity contribution in [2.75, 3.05) is 11.9 Å². The zero-order valence-electron chi connectivity index (χ0n) is 15.5. The van der Waals surface area contributed by atoms with Crippen molar-refractivity contribution in [3.8, 4) is 0 Å². The quantitative estimate of drug-likeness (QED) is 0.663. The first kappa shape index (κ1) is 19.3. The minimum atomic E-state index is -0.946. The Hall–Kier alpha value is -2.49. The number of imide groups is 1. The fourth-order valence-electron chi connectivity index (χ4n) is 4.40. The van der Waals surface area contributed by atoms with Gasteiger partial charge in [0.1, 0.15) is 17.8 Å². The van der Waals surface area contributed by atoms with Gasteiger partial charge in [0.05, 0.1) is 0 Å². The molecule has 146 valence electrons. The molecule has 5 amide bonds. The molecule has 0 aromatic carbocycles. The molecule has 4 N–H and O–H groups in total. The highest BCUT2D eigenvalue weighted by atomic mass is 32.1. The summed E-state index contributed by atoms with van der Waals surface area (Å²) < 4.78 is 0. The zero-order valence-corrected chi connectivity index (χ0v) is 16.3. The van der Waals surface area contributed by atoms with Crippen molar-refractivity contribution in [3.05, 3.63) is 11.1 Å². The van der Waals surface area contributed by atoms with Crippen LogP contribution in [0.1, 0.15) is 50.5 Å². The summed E-state index contributed by atoms with van der Waals surface area (Å²) in [5, 5.41) is 6.92. The Morgan fingerprint density at radius 3 is 2.70 bits per heavy atom. The normalized spacial score (nSPS) is 26.9. The van der Waals surface area contributed by atoms with Gasteiger partial charge >= 0.3 is 6.03 Å². The summed E-state index contributed by atoms with van der Waals surface area (Å²) in [6.07, 6.45) is 2.08. The molecular weight excluding hydrogens is 370 g/mol. The summed E-state index contributed by atoms with van der Waals surface area (Å²) in [4.78, 5) is 53.6. The van der Waals surface area contributed by atoms with Gasteiger partial charge in [0.25, 0.3) is 11.8 Å². The number of primary amides is 1. The van der Waals surface area contributed by atoms with Crippen molar-refractivity contribution >= 4 is 40.2 Å². The summed E-state index contributed by atoms with van der Waals surface area (Å²) in [6, 6.07) is -0.558. The maximum absolute atomic E-state index is 13.0. The lowest BCUT2D eigenvalue weighted by Crippen LogP contribution is -2.54. The molecule has 1 aliphatic carbocycles. The second-order valence-corrected chi connectivity index (χ2v) is 9.07. The van der Waals surface area contributed by atoms with Crippen molar-refractivity contribution < 1.29 is 19.2 Å². The molecule has 0 bridgehead atoms. The molecule has 2 fully saturated rings. The smallest absolute Gasteiger partial charge is 0.325 e. The lowest BCUT2D eigenvalue weighted by Gasteiger charge is -2.43. The van der Waals surface area contributed by atoms with E-state index in [0.29, 0.717) is 12.8 Å². The SMILES string of the molecule is CC1CC(C)(C)CC2(C1)NC(=O)N(CC(=O)Nc1nc(C(N)=O)cs1)C2=O. The number of aromatic nitrogens is 1. The van der Waals surface area contributed by atoms with Gasteiger partial charge < -0.3 is 16.4 Å². The van der Waals surface area contributed by atoms with E-state index in [0.717, 1.165) is 22.7 Å². The monoisotopic (exact) mass is 393 g/mol. The Kier molecular flexibility index (Phi) is 4.71. The van der Waals surface area contributed by atoms with Gasteiger partial charge in [-0.15, -0.1) is 11.3 Å². The largest absolute Gasteiger partial charge is 0.364 e. The molecule has 9 nitrogen and oxygen atoms in total. The first-order chi connectivity index (χ1) is 12.5. The summed E-state index contributed by atoms with van der Waals surface area (Å²) in [7, 11) is 0.